The molecule has 0 bridgehead atoms. The zero-order valence-electron chi connectivity index (χ0n) is 15.3. The van der Waals surface area contributed by atoms with Gasteiger partial charge in [-0.3, -0.25) is 9.59 Å². The van der Waals surface area contributed by atoms with Gasteiger partial charge in [-0.1, -0.05) is 26.3 Å². The first-order valence-corrected chi connectivity index (χ1v) is 8.20. The molecular formula is C18H24N2O6. The highest BCUT2D eigenvalue weighted by atomic mass is 16.5. The number of hydrogen-bond acceptors (Lipinski definition) is 6. The van der Waals surface area contributed by atoms with Gasteiger partial charge in [-0.15, -0.1) is 0 Å². The summed E-state index contributed by atoms with van der Waals surface area (Å²) in [5, 5.41) is 5.07. The molecule has 1 aromatic rings. The highest BCUT2D eigenvalue weighted by Gasteiger charge is 2.27. The first-order chi connectivity index (χ1) is 12.3. The van der Waals surface area contributed by atoms with E-state index in [2.05, 4.69) is 15.4 Å². The van der Waals surface area contributed by atoms with Gasteiger partial charge in [0.25, 0.3) is 5.91 Å². The lowest BCUT2D eigenvalue weighted by Crippen LogP contribution is -2.47. The Morgan fingerprint density at radius 1 is 1.19 bits per heavy atom. The van der Waals surface area contributed by atoms with E-state index >= 15 is 0 Å². The Labute approximate surface area is 152 Å². The van der Waals surface area contributed by atoms with Crippen molar-refractivity contribution in [2.75, 3.05) is 19.0 Å². The van der Waals surface area contributed by atoms with Crippen LogP contribution in [0, 0.1) is 5.92 Å². The van der Waals surface area contributed by atoms with Crippen molar-refractivity contribution in [1.29, 1.82) is 0 Å². The lowest BCUT2D eigenvalue weighted by Gasteiger charge is -2.21. The van der Waals surface area contributed by atoms with Crippen LogP contribution in [-0.4, -0.2) is 43.5 Å². The van der Waals surface area contributed by atoms with E-state index in [-0.39, 0.29) is 17.4 Å². The standard InChI is InChI=1S/C18H24N2O6/c1-5-11(2)16(18(24)25-4)20-15(22)10-26-17(23)13-7-6-8-14(9-13)19-12(3)21/h6-9,11,16H,5,10H2,1-4H3,(H,19,21)(H,20,22)/t11-,16-/m0/s1. The Balaban J connectivity index is 2.64. The second-order valence-corrected chi connectivity index (χ2v) is 5.79. The van der Waals surface area contributed by atoms with Gasteiger partial charge in [0.1, 0.15) is 6.04 Å². The number of esters is 2. The van der Waals surface area contributed by atoms with Gasteiger partial charge >= 0.3 is 11.9 Å². The van der Waals surface area contributed by atoms with E-state index in [1.54, 1.807) is 19.1 Å². The van der Waals surface area contributed by atoms with Gasteiger partial charge in [-0.25, -0.2) is 9.59 Å². The lowest BCUT2D eigenvalue weighted by molar-refractivity contribution is -0.147. The molecule has 1 rings (SSSR count). The van der Waals surface area contributed by atoms with E-state index in [1.807, 2.05) is 6.92 Å². The third kappa shape index (κ3) is 6.54. The summed E-state index contributed by atoms with van der Waals surface area (Å²) in [6.07, 6.45) is 0.662. The second kappa shape index (κ2) is 10.2. The molecule has 1 aromatic carbocycles. The first-order valence-electron chi connectivity index (χ1n) is 8.20. The highest BCUT2D eigenvalue weighted by Crippen LogP contribution is 2.12. The predicted molar refractivity (Wildman–Crippen MR) is 94.4 cm³/mol. The number of methoxy groups -OCH3 is 1. The van der Waals surface area contributed by atoms with Crippen molar-refractivity contribution < 1.29 is 28.7 Å². The van der Waals surface area contributed by atoms with Crippen LogP contribution in [0.1, 0.15) is 37.6 Å². The maximum absolute atomic E-state index is 12.0. The zero-order chi connectivity index (χ0) is 19.7. The minimum Gasteiger partial charge on any atom is -0.467 e. The van der Waals surface area contributed by atoms with Crippen molar-refractivity contribution >= 4 is 29.4 Å². The van der Waals surface area contributed by atoms with Gasteiger partial charge in [-0.2, -0.15) is 0 Å². The third-order valence-electron chi connectivity index (χ3n) is 3.74. The maximum atomic E-state index is 12.0. The minimum absolute atomic E-state index is 0.128. The smallest absolute Gasteiger partial charge is 0.338 e. The Bertz CT molecular complexity index is 673. The molecule has 0 aliphatic heterocycles. The lowest BCUT2D eigenvalue weighted by atomic mass is 9.99. The average molecular weight is 364 g/mol. The maximum Gasteiger partial charge on any atom is 0.338 e. The molecule has 0 aliphatic rings. The van der Waals surface area contributed by atoms with Crippen molar-refractivity contribution in [3.63, 3.8) is 0 Å². The molecule has 8 heteroatoms. The van der Waals surface area contributed by atoms with E-state index in [1.165, 1.54) is 26.2 Å². The normalized spacial score (nSPS) is 12.5. The van der Waals surface area contributed by atoms with Crippen molar-refractivity contribution in [2.24, 2.45) is 5.92 Å². The molecule has 0 unspecified atom stereocenters. The van der Waals surface area contributed by atoms with Gasteiger partial charge in [0.05, 0.1) is 12.7 Å². The number of ether oxygens (including phenoxy) is 2. The van der Waals surface area contributed by atoms with E-state index < -0.39 is 30.5 Å². The highest BCUT2D eigenvalue weighted by molar-refractivity contribution is 5.95. The molecule has 0 spiro atoms. The Hall–Kier alpha value is -2.90. The van der Waals surface area contributed by atoms with E-state index in [0.29, 0.717) is 12.1 Å². The summed E-state index contributed by atoms with van der Waals surface area (Å²) >= 11 is 0. The van der Waals surface area contributed by atoms with Crippen LogP contribution in [-0.2, 0) is 23.9 Å². The molecule has 2 N–H and O–H groups in total. The number of nitrogens with one attached hydrogen (secondary N) is 2. The fourth-order valence-electron chi connectivity index (χ4n) is 2.15. The SMILES string of the molecule is CC[C@H](C)[C@H](NC(=O)COC(=O)c1cccc(NC(C)=O)c1)C(=O)OC. The van der Waals surface area contributed by atoms with E-state index in [0.717, 1.165) is 0 Å². The average Bonchev–Trinajstić information content (AvgIpc) is 2.62. The molecule has 142 valence electrons. The molecule has 8 nitrogen and oxygen atoms in total. The third-order valence-corrected chi connectivity index (χ3v) is 3.74. The second-order valence-electron chi connectivity index (χ2n) is 5.79. The van der Waals surface area contributed by atoms with E-state index in [9.17, 15) is 19.2 Å². The molecule has 0 aliphatic carbocycles. The largest absolute Gasteiger partial charge is 0.467 e. The first kappa shape index (κ1) is 21.1. The molecule has 2 atom stereocenters. The minimum atomic E-state index is -0.806. The Kier molecular flexibility index (Phi) is 8.27. The van der Waals surface area contributed by atoms with Crippen LogP contribution in [0.15, 0.2) is 24.3 Å². The summed E-state index contributed by atoms with van der Waals surface area (Å²) in [4.78, 5) is 46.8. The van der Waals surface area contributed by atoms with Crippen molar-refractivity contribution in [1.82, 2.24) is 5.32 Å². The fourth-order valence-corrected chi connectivity index (χ4v) is 2.15. The summed E-state index contributed by atoms with van der Waals surface area (Å²) in [6.45, 7) is 4.51. The van der Waals surface area contributed by atoms with Gasteiger partial charge in [0.2, 0.25) is 5.91 Å². The van der Waals surface area contributed by atoms with Gasteiger partial charge < -0.3 is 20.1 Å². The zero-order valence-corrected chi connectivity index (χ0v) is 15.3. The monoisotopic (exact) mass is 364 g/mol. The number of amides is 2. The van der Waals surface area contributed by atoms with Gasteiger partial charge in [0, 0.05) is 12.6 Å². The molecule has 0 heterocycles. The topological polar surface area (TPSA) is 111 Å². The summed E-state index contributed by atoms with van der Waals surface area (Å²) < 4.78 is 9.64. The molecule has 2 amide bonds. The van der Waals surface area contributed by atoms with Crippen LogP contribution >= 0.6 is 0 Å². The summed E-state index contributed by atoms with van der Waals surface area (Å²) in [5.41, 5.74) is 0.634. The number of hydrogen-bond donors (Lipinski definition) is 2. The van der Waals surface area contributed by atoms with Gasteiger partial charge in [-0.05, 0) is 24.1 Å². The molecule has 0 saturated carbocycles. The molecular weight excluding hydrogens is 340 g/mol. The number of rotatable bonds is 8. The van der Waals surface area contributed by atoms with Crippen molar-refractivity contribution in [3.05, 3.63) is 29.8 Å². The molecule has 26 heavy (non-hydrogen) atoms. The summed E-state index contributed by atoms with van der Waals surface area (Å²) in [7, 11) is 1.24. The van der Waals surface area contributed by atoms with Crippen molar-refractivity contribution in [2.45, 2.75) is 33.2 Å². The van der Waals surface area contributed by atoms with Gasteiger partial charge in [0.15, 0.2) is 6.61 Å². The Morgan fingerprint density at radius 3 is 2.46 bits per heavy atom. The summed E-state index contributed by atoms with van der Waals surface area (Å²) in [5.74, 6) is -2.27. The van der Waals surface area contributed by atoms with Crippen LogP contribution in [0.5, 0.6) is 0 Å². The van der Waals surface area contributed by atoms with E-state index in [4.69, 9.17) is 4.74 Å². The molecule has 0 fully saturated rings. The quantitative estimate of drug-likeness (QED) is 0.677. The number of carbonyl (C=O) groups excluding carboxylic acids is 4. The van der Waals surface area contributed by atoms with Crippen LogP contribution in [0.25, 0.3) is 0 Å². The van der Waals surface area contributed by atoms with Crippen LogP contribution in [0.3, 0.4) is 0 Å². The fraction of sp³-hybridized carbons (Fsp3) is 0.444. The molecule has 0 saturated heterocycles. The number of benzene rings is 1. The van der Waals surface area contributed by atoms with Crippen LogP contribution < -0.4 is 10.6 Å². The van der Waals surface area contributed by atoms with Crippen LogP contribution in [0.2, 0.25) is 0 Å². The van der Waals surface area contributed by atoms with Crippen LogP contribution in [0.4, 0.5) is 5.69 Å². The number of anilines is 1. The molecule has 0 aromatic heterocycles. The number of carbonyl (C=O) groups is 4. The summed E-state index contributed by atoms with van der Waals surface area (Å²) in [6, 6.07) is 5.34. The van der Waals surface area contributed by atoms with Crippen molar-refractivity contribution in [3.8, 4) is 0 Å². The Morgan fingerprint density at radius 2 is 1.88 bits per heavy atom. The molecule has 0 radical (unpaired) electrons. The predicted octanol–water partition coefficient (Wildman–Crippen LogP) is 1.51.